The molecule has 72 heavy (non-hydrogen) atoms. The summed E-state index contributed by atoms with van der Waals surface area (Å²) in [4.78, 5) is 37.0. The Morgan fingerprint density at radius 1 is 0.333 bits per heavy atom. The molecule has 1 atom stereocenters. The van der Waals surface area contributed by atoms with Crippen LogP contribution in [0.25, 0.3) is 291 Å². The Morgan fingerprint density at radius 2 is 0.542 bits per heavy atom. The van der Waals surface area contributed by atoms with E-state index in [1.165, 1.54) is 32.7 Å². The smallest absolute Gasteiger partial charge is 0.314 e. The highest BCUT2D eigenvalue weighted by Gasteiger charge is 2.76. The molecule has 1 aliphatic heterocycles. The summed E-state index contributed by atoms with van der Waals surface area (Å²) in [5, 5.41) is 85.2. The quantitative estimate of drug-likeness (QED) is 0.161. The van der Waals surface area contributed by atoms with Gasteiger partial charge in [-0.25, -0.2) is 4.79 Å². The number of rotatable bonds is 1. The second-order valence-electron chi connectivity index (χ2n) is 26.3. The van der Waals surface area contributed by atoms with Crippen molar-refractivity contribution in [3.63, 3.8) is 0 Å². The van der Waals surface area contributed by atoms with Gasteiger partial charge in [0.05, 0.1) is 22.4 Å². The first-order valence-electron chi connectivity index (χ1n) is 26.4. The van der Waals surface area contributed by atoms with Crippen LogP contribution in [0.15, 0.2) is 15.8 Å². The summed E-state index contributed by atoms with van der Waals surface area (Å²) in [5.74, 6) is 0. The zero-order valence-corrected chi connectivity index (χ0v) is 36.6. The van der Waals surface area contributed by atoms with Gasteiger partial charge in [0.25, 0.3) is 5.56 Å². The molecular weight excluding hydrogens is 879 g/mol. The lowest BCUT2D eigenvalue weighted by Crippen LogP contribution is -2.52. The zero-order valence-electron chi connectivity index (χ0n) is 36.6. The van der Waals surface area contributed by atoms with E-state index in [-0.39, 0.29) is 11.6 Å². The van der Waals surface area contributed by atoms with Crippen molar-refractivity contribution in [1.29, 1.82) is 0 Å². The van der Waals surface area contributed by atoms with Crippen molar-refractivity contribution in [2.75, 3.05) is 13.6 Å². The van der Waals surface area contributed by atoms with Crippen LogP contribution in [0.2, 0.25) is 0 Å². The molecule has 2 spiro atoms. The molecule has 1 fully saturated rings. The number of aromatic nitrogens is 2. The van der Waals surface area contributed by atoms with E-state index >= 15 is 4.79 Å². The predicted molar refractivity (Wildman–Crippen MR) is 297 cm³/mol. The van der Waals surface area contributed by atoms with E-state index in [2.05, 4.69) is 21.9 Å². The van der Waals surface area contributed by atoms with Crippen LogP contribution < -0.4 is 11.2 Å². The van der Waals surface area contributed by atoms with Crippen molar-refractivity contribution in [3.05, 3.63) is 54.9 Å². The van der Waals surface area contributed by atoms with Crippen molar-refractivity contribution in [1.82, 2.24) is 14.9 Å². The van der Waals surface area contributed by atoms with Crippen molar-refractivity contribution in [2.24, 2.45) is 0 Å². The van der Waals surface area contributed by atoms with Crippen LogP contribution >= 0.6 is 0 Å². The highest BCUT2D eigenvalue weighted by molar-refractivity contribution is 6.82. The van der Waals surface area contributed by atoms with Crippen LogP contribution in [0, 0.1) is 0 Å². The number of likely N-dealkylation sites (tertiary alicyclic amines) is 1. The SMILES string of the molecule is CN1CC23c4c5c6c7c8c9c(c%10c%11c2c2c4c4c%12c5c5c6c6c8c8c%13c9c9c%10c%10c%11c%11c2c2c4c4c%12c%12c5c5c6c8c6c8c%13c9c9c%10c%10c%11c2c2c4c4c%12c5c6c5c8c9c%10c2c45)C73C1c1c[nH]c(=O)[nH]c1=O. The molecule has 5 nitrogen and oxygen atoms in total. The van der Waals surface area contributed by atoms with E-state index in [4.69, 9.17) is 0 Å². The normalized spacial score (nSPS) is 23.6. The predicted octanol–water partition coefficient (Wildman–Crippen LogP) is 15.4. The highest BCUT2D eigenvalue weighted by atomic mass is 16.2. The molecule has 1 aromatic heterocycles. The zero-order chi connectivity index (χ0) is 43.2. The molecule has 34 rings (SSSR count). The summed E-state index contributed by atoms with van der Waals surface area (Å²) in [6, 6.07) is -0.325. The third-order valence-electron chi connectivity index (χ3n) is 26.0. The number of H-pyrrole nitrogens is 2. The molecule has 5 heteroatoms. The first kappa shape index (κ1) is 26.9. The molecule has 28 aromatic carbocycles. The van der Waals surface area contributed by atoms with Crippen LogP contribution in [0.5, 0.6) is 0 Å². The summed E-state index contributed by atoms with van der Waals surface area (Å²) >= 11 is 0. The Balaban J connectivity index is 1.17. The molecule has 4 aliphatic carbocycles. The molecule has 0 bridgehead atoms. The van der Waals surface area contributed by atoms with Crippen LogP contribution in [0.4, 0.5) is 0 Å². The maximum Gasteiger partial charge on any atom is 0.325 e. The lowest BCUT2D eigenvalue weighted by molar-refractivity contribution is 0.268. The van der Waals surface area contributed by atoms with Gasteiger partial charge in [0, 0.05) is 12.7 Å². The Labute approximate surface area is 389 Å². The first-order chi connectivity index (χ1) is 35.7. The molecule has 5 aliphatic rings. The van der Waals surface area contributed by atoms with Gasteiger partial charge in [0.15, 0.2) is 0 Å². The lowest BCUT2D eigenvalue weighted by Gasteiger charge is -2.52. The maximum absolute atomic E-state index is 15.2. The summed E-state index contributed by atoms with van der Waals surface area (Å²) in [7, 11) is 2.35. The van der Waals surface area contributed by atoms with Crippen molar-refractivity contribution >= 4 is 291 Å². The maximum atomic E-state index is 15.2. The largest absolute Gasteiger partial charge is 0.325 e. The molecule has 2 heterocycles. The Morgan fingerprint density at radius 3 is 0.764 bits per heavy atom. The lowest BCUT2D eigenvalue weighted by atomic mass is 9.47. The third kappa shape index (κ3) is 1.41. The second kappa shape index (κ2) is 6.03. The number of benzene rings is 18. The molecule has 0 amide bonds. The Bertz CT molecular complexity index is 7480. The Kier molecular flexibility index (Phi) is 2.25. The van der Waals surface area contributed by atoms with Crippen LogP contribution in [0.1, 0.15) is 33.9 Å². The molecular formula is C67H9N3O2. The molecule has 304 valence electrons. The summed E-state index contributed by atoms with van der Waals surface area (Å²) < 4.78 is 0. The summed E-state index contributed by atoms with van der Waals surface area (Å²) in [5.41, 5.74) is 5.18. The second-order valence-corrected chi connectivity index (χ2v) is 26.3. The van der Waals surface area contributed by atoms with Gasteiger partial charge in [-0.2, -0.15) is 0 Å². The van der Waals surface area contributed by atoms with Gasteiger partial charge in [-0.05, 0) is 320 Å². The summed E-state index contributed by atoms with van der Waals surface area (Å²) in [6.07, 6.45) is 1.84. The molecule has 2 N–H and O–H groups in total. The van der Waals surface area contributed by atoms with Crippen LogP contribution in [0.3, 0.4) is 0 Å². The number of likely N-dealkylation sites (N-methyl/N-ethyl adjacent to an activating group) is 1. The van der Waals surface area contributed by atoms with Crippen molar-refractivity contribution in [2.45, 2.75) is 16.9 Å². The highest BCUT2D eigenvalue weighted by Crippen LogP contribution is 2.87. The van der Waals surface area contributed by atoms with Crippen LogP contribution in [-0.4, -0.2) is 28.5 Å². The summed E-state index contributed by atoms with van der Waals surface area (Å²) in [6.45, 7) is 0.811. The molecule has 1 saturated heterocycles. The van der Waals surface area contributed by atoms with Gasteiger partial charge >= 0.3 is 5.69 Å². The van der Waals surface area contributed by atoms with E-state index in [1.807, 2.05) is 6.20 Å². The van der Waals surface area contributed by atoms with Gasteiger partial charge in [-0.3, -0.25) is 14.7 Å². The first-order valence-corrected chi connectivity index (χ1v) is 26.4. The van der Waals surface area contributed by atoms with Crippen molar-refractivity contribution < 1.29 is 0 Å². The molecule has 1 unspecified atom stereocenters. The van der Waals surface area contributed by atoms with E-state index in [1.54, 1.807) is 280 Å². The third-order valence-corrected chi connectivity index (χ3v) is 26.0. The number of nitrogens with one attached hydrogen (secondary N) is 2. The standard InChI is InChI=1S/C67H9N3O2/c1-70-3-66-59-51-43-33-23-15-7-5-6-9-13-11(7)19-27-21(13)31-25-17(9)18-10(6)14-12-8(5)16(15)24-30-20(12)28-22(14)32-26(18)36-35(25)47-41(31)49-39(27)45(37(43)29(19)23)53(59)55(49)61-57(47)58-48(36)42(32)50-40(28)46-38(30)44(34(24)33)52(51)60(66)54(46)56(50)62(58)67(61,66)63(70)4-2-68-65(72)69-64(4)71/h2,63H,3H2,1H3,(H2,68,69,71,72). The van der Waals surface area contributed by atoms with E-state index < -0.39 is 16.5 Å². The van der Waals surface area contributed by atoms with Gasteiger partial charge in [-0.1, -0.05) is 0 Å². The minimum Gasteiger partial charge on any atom is -0.314 e. The minimum absolute atomic E-state index is 0.245. The number of hydrogen-bond donors (Lipinski definition) is 2. The van der Waals surface area contributed by atoms with E-state index in [0.717, 1.165) is 6.54 Å². The fourth-order valence-corrected chi connectivity index (χ4v) is 26.1. The van der Waals surface area contributed by atoms with Gasteiger partial charge in [0.1, 0.15) is 0 Å². The van der Waals surface area contributed by atoms with Gasteiger partial charge in [0.2, 0.25) is 0 Å². The van der Waals surface area contributed by atoms with E-state index in [9.17, 15) is 4.79 Å². The molecule has 0 radical (unpaired) electrons. The Hall–Kier alpha value is -8.90. The average molecular weight is 888 g/mol. The number of aromatic amines is 2. The molecule has 0 saturated carbocycles. The molecule has 29 aromatic rings. The number of nitrogens with zero attached hydrogens (tertiary/aromatic N) is 1. The number of hydrogen-bond acceptors (Lipinski definition) is 3. The topological polar surface area (TPSA) is 69.0 Å². The van der Waals surface area contributed by atoms with Crippen molar-refractivity contribution in [3.8, 4) is 0 Å². The minimum atomic E-state index is -0.641. The fraction of sp³-hybridized carbons (Fsp3) is 0.0746. The monoisotopic (exact) mass is 887 g/mol. The van der Waals surface area contributed by atoms with E-state index in [0.29, 0.717) is 5.56 Å². The fourth-order valence-electron chi connectivity index (χ4n) is 26.1. The average Bonchev–Trinajstić information content (AvgIpc) is 3.97. The van der Waals surface area contributed by atoms with Crippen LogP contribution in [-0.2, 0) is 10.8 Å². The van der Waals surface area contributed by atoms with Gasteiger partial charge in [-0.15, -0.1) is 0 Å². The van der Waals surface area contributed by atoms with Gasteiger partial charge < -0.3 is 4.98 Å².